The van der Waals surface area contributed by atoms with E-state index in [9.17, 15) is 9.59 Å². The van der Waals surface area contributed by atoms with E-state index in [0.717, 1.165) is 16.5 Å². The van der Waals surface area contributed by atoms with E-state index in [0.29, 0.717) is 48.9 Å². The molecule has 3 aromatic carbocycles. The first-order chi connectivity index (χ1) is 15.1. The monoisotopic (exact) mass is 420 g/mol. The van der Waals surface area contributed by atoms with Crippen LogP contribution in [-0.4, -0.2) is 52.4 Å². The minimum atomic E-state index is -0.465. The van der Waals surface area contributed by atoms with Gasteiger partial charge in [-0.1, -0.05) is 24.3 Å². The molecule has 0 radical (unpaired) electrons. The molecule has 31 heavy (non-hydrogen) atoms. The topological polar surface area (TPSA) is 77.1 Å². The molecule has 1 fully saturated rings. The number of benzene rings is 3. The van der Waals surface area contributed by atoms with Gasteiger partial charge in [-0.05, 0) is 41.1 Å². The van der Waals surface area contributed by atoms with Gasteiger partial charge in [0, 0.05) is 13.1 Å². The highest BCUT2D eigenvalue weighted by atomic mass is 16.5. The number of morpholine rings is 1. The third-order valence-electron chi connectivity index (χ3n) is 5.33. The molecule has 1 amide bonds. The van der Waals surface area contributed by atoms with Crippen molar-refractivity contribution in [1.82, 2.24) is 0 Å². The number of hydrogen-bond donors (Lipinski definition) is 1. The molecule has 0 unspecified atom stereocenters. The zero-order chi connectivity index (χ0) is 21.8. The van der Waals surface area contributed by atoms with E-state index in [2.05, 4.69) is 10.2 Å². The molecule has 1 heterocycles. The molecule has 0 atom stereocenters. The highest BCUT2D eigenvalue weighted by molar-refractivity contribution is 6.10. The van der Waals surface area contributed by atoms with E-state index in [1.54, 1.807) is 12.1 Å². The lowest BCUT2D eigenvalue weighted by atomic mass is 10.0. The summed E-state index contributed by atoms with van der Waals surface area (Å²) in [6, 6.07) is 16.6. The normalized spacial score (nSPS) is 13.7. The van der Waals surface area contributed by atoms with Crippen LogP contribution < -0.4 is 15.0 Å². The van der Waals surface area contributed by atoms with Crippen molar-refractivity contribution in [2.45, 2.75) is 0 Å². The molecular weight excluding hydrogens is 396 g/mol. The molecule has 1 aliphatic rings. The standard InChI is InChI=1S/C24H24N2O5/c1-29-22-15-17-6-4-3-5-16(17)13-19(22)23(27)25-20-14-18(24(28)30-2)7-8-21(20)26-9-11-31-12-10-26/h3-8,13-15H,9-12H2,1-2H3,(H,25,27). The van der Waals surface area contributed by atoms with Crippen LogP contribution in [0.1, 0.15) is 20.7 Å². The number of amides is 1. The molecule has 7 nitrogen and oxygen atoms in total. The molecular formula is C24H24N2O5. The van der Waals surface area contributed by atoms with Crippen LogP contribution in [0.3, 0.4) is 0 Å². The zero-order valence-corrected chi connectivity index (χ0v) is 17.5. The van der Waals surface area contributed by atoms with Gasteiger partial charge in [0.05, 0.1) is 49.9 Å². The first kappa shape index (κ1) is 20.7. The number of rotatable bonds is 5. The molecule has 4 rings (SSSR count). The van der Waals surface area contributed by atoms with Gasteiger partial charge in [-0.3, -0.25) is 4.79 Å². The van der Waals surface area contributed by atoms with Gasteiger partial charge in [0.15, 0.2) is 0 Å². The van der Waals surface area contributed by atoms with Crippen molar-refractivity contribution in [2.24, 2.45) is 0 Å². The maximum atomic E-state index is 13.3. The minimum absolute atomic E-state index is 0.320. The van der Waals surface area contributed by atoms with Crippen LogP contribution in [0, 0.1) is 0 Å². The maximum Gasteiger partial charge on any atom is 0.337 e. The average molecular weight is 420 g/mol. The molecule has 3 aromatic rings. The van der Waals surface area contributed by atoms with Crippen molar-refractivity contribution in [2.75, 3.05) is 50.7 Å². The van der Waals surface area contributed by atoms with Gasteiger partial charge in [-0.25, -0.2) is 4.79 Å². The van der Waals surface area contributed by atoms with Crippen LogP contribution in [0.25, 0.3) is 10.8 Å². The van der Waals surface area contributed by atoms with Gasteiger partial charge < -0.3 is 24.4 Å². The summed E-state index contributed by atoms with van der Waals surface area (Å²) < 4.78 is 15.8. The van der Waals surface area contributed by atoms with Gasteiger partial charge in [0.1, 0.15) is 5.75 Å². The Morgan fingerprint density at radius 2 is 1.68 bits per heavy atom. The van der Waals surface area contributed by atoms with Gasteiger partial charge in [-0.15, -0.1) is 0 Å². The molecule has 0 aliphatic carbocycles. The minimum Gasteiger partial charge on any atom is -0.496 e. The number of carbonyl (C=O) groups excluding carboxylic acids is 2. The van der Waals surface area contributed by atoms with Crippen LogP contribution in [0.5, 0.6) is 5.75 Å². The number of methoxy groups -OCH3 is 2. The predicted molar refractivity (Wildman–Crippen MR) is 119 cm³/mol. The van der Waals surface area contributed by atoms with Crippen molar-refractivity contribution in [3.05, 3.63) is 65.7 Å². The second kappa shape index (κ2) is 9.06. The second-order valence-electron chi connectivity index (χ2n) is 7.18. The van der Waals surface area contributed by atoms with Crippen molar-refractivity contribution < 1.29 is 23.8 Å². The van der Waals surface area contributed by atoms with E-state index >= 15 is 0 Å². The number of anilines is 2. The number of esters is 1. The summed E-state index contributed by atoms with van der Waals surface area (Å²) in [6.07, 6.45) is 0. The van der Waals surface area contributed by atoms with Crippen LogP contribution in [0.4, 0.5) is 11.4 Å². The number of hydrogen-bond acceptors (Lipinski definition) is 6. The Kier molecular flexibility index (Phi) is 6.04. The molecule has 160 valence electrons. The summed E-state index contributed by atoms with van der Waals surface area (Å²) >= 11 is 0. The Morgan fingerprint density at radius 3 is 2.35 bits per heavy atom. The van der Waals surface area contributed by atoms with Gasteiger partial charge in [0.2, 0.25) is 0 Å². The first-order valence-electron chi connectivity index (χ1n) is 10.0. The van der Waals surface area contributed by atoms with Crippen LogP contribution in [0.2, 0.25) is 0 Å². The lowest BCUT2D eigenvalue weighted by Gasteiger charge is -2.30. The predicted octanol–water partition coefficient (Wildman–Crippen LogP) is 3.72. The van der Waals surface area contributed by atoms with E-state index in [-0.39, 0.29) is 5.91 Å². The molecule has 0 aromatic heterocycles. The Hall–Kier alpha value is -3.58. The van der Waals surface area contributed by atoms with E-state index in [1.165, 1.54) is 14.2 Å². The SMILES string of the molecule is COC(=O)c1ccc(N2CCOCC2)c(NC(=O)c2cc3ccccc3cc2OC)c1. The molecule has 0 saturated carbocycles. The summed E-state index contributed by atoms with van der Waals surface area (Å²) in [4.78, 5) is 27.5. The zero-order valence-electron chi connectivity index (χ0n) is 17.5. The summed E-state index contributed by atoms with van der Waals surface area (Å²) in [5, 5.41) is 4.89. The fourth-order valence-corrected chi connectivity index (χ4v) is 3.72. The molecule has 0 spiro atoms. The fourth-order valence-electron chi connectivity index (χ4n) is 3.72. The number of nitrogens with one attached hydrogen (secondary N) is 1. The Bertz CT molecular complexity index is 1120. The van der Waals surface area contributed by atoms with Crippen molar-refractivity contribution in [3.8, 4) is 5.75 Å². The smallest absolute Gasteiger partial charge is 0.337 e. The molecule has 0 bridgehead atoms. The summed E-state index contributed by atoms with van der Waals surface area (Å²) in [6.45, 7) is 2.59. The van der Waals surface area contributed by atoms with Gasteiger partial charge in [-0.2, -0.15) is 0 Å². The third kappa shape index (κ3) is 4.32. The van der Waals surface area contributed by atoms with Crippen molar-refractivity contribution in [1.29, 1.82) is 0 Å². The highest BCUT2D eigenvalue weighted by Crippen LogP contribution is 2.31. The molecule has 1 aliphatic heterocycles. The van der Waals surface area contributed by atoms with Crippen LogP contribution >= 0.6 is 0 Å². The maximum absolute atomic E-state index is 13.3. The van der Waals surface area contributed by atoms with Crippen molar-refractivity contribution in [3.63, 3.8) is 0 Å². The van der Waals surface area contributed by atoms with E-state index in [1.807, 2.05) is 42.5 Å². The largest absolute Gasteiger partial charge is 0.496 e. The van der Waals surface area contributed by atoms with Crippen molar-refractivity contribution >= 4 is 34.0 Å². The Balaban J connectivity index is 1.72. The second-order valence-corrected chi connectivity index (χ2v) is 7.18. The summed E-state index contributed by atoms with van der Waals surface area (Å²) in [7, 11) is 2.87. The van der Waals surface area contributed by atoms with E-state index in [4.69, 9.17) is 14.2 Å². The molecule has 1 saturated heterocycles. The number of ether oxygens (including phenoxy) is 3. The van der Waals surface area contributed by atoms with Crippen LogP contribution in [-0.2, 0) is 9.47 Å². The summed E-state index contributed by atoms with van der Waals surface area (Å²) in [5.41, 5.74) is 2.13. The number of fused-ring (bicyclic) bond motifs is 1. The molecule has 7 heteroatoms. The first-order valence-corrected chi connectivity index (χ1v) is 10.0. The number of nitrogens with zero attached hydrogens (tertiary/aromatic N) is 1. The van der Waals surface area contributed by atoms with Gasteiger partial charge >= 0.3 is 5.97 Å². The third-order valence-corrected chi connectivity index (χ3v) is 5.33. The number of carbonyl (C=O) groups is 2. The van der Waals surface area contributed by atoms with Gasteiger partial charge in [0.25, 0.3) is 5.91 Å². The average Bonchev–Trinajstić information content (AvgIpc) is 2.83. The molecule has 1 N–H and O–H groups in total. The summed E-state index contributed by atoms with van der Waals surface area (Å²) in [5.74, 6) is -0.306. The lowest BCUT2D eigenvalue weighted by molar-refractivity contribution is 0.0600. The fraction of sp³-hybridized carbons (Fsp3) is 0.250. The quantitative estimate of drug-likeness (QED) is 0.634. The highest BCUT2D eigenvalue weighted by Gasteiger charge is 2.21. The lowest BCUT2D eigenvalue weighted by Crippen LogP contribution is -2.36. The van der Waals surface area contributed by atoms with E-state index < -0.39 is 5.97 Å². The Morgan fingerprint density at radius 1 is 0.968 bits per heavy atom. The van der Waals surface area contributed by atoms with Crippen LogP contribution in [0.15, 0.2) is 54.6 Å². The Labute approximate surface area is 180 Å².